The first-order valence-electron chi connectivity index (χ1n) is 9.12. The van der Waals surface area contributed by atoms with E-state index in [2.05, 4.69) is 46.7 Å². The highest BCUT2D eigenvalue weighted by Crippen LogP contribution is 2.34. The van der Waals surface area contributed by atoms with Gasteiger partial charge in [0.05, 0.1) is 5.52 Å². The van der Waals surface area contributed by atoms with Gasteiger partial charge in [0.25, 0.3) is 0 Å². The highest BCUT2D eigenvalue weighted by molar-refractivity contribution is 5.98. The first-order valence-corrected chi connectivity index (χ1v) is 9.12. The molecule has 0 spiro atoms. The molecule has 26 heavy (non-hydrogen) atoms. The molecule has 2 heterocycles. The van der Waals surface area contributed by atoms with Crippen LogP contribution in [0.5, 0.6) is 0 Å². The van der Waals surface area contributed by atoms with E-state index in [0.29, 0.717) is 0 Å². The van der Waals surface area contributed by atoms with Crippen LogP contribution in [-0.4, -0.2) is 23.9 Å². The number of aromatic nitrogens is 1. The zero-order valence-electron chi connectivity index (χ0n) is 15.0. The third-order valence-corrected chi connectivity index (χ3v) is 5.04. The molecule has 0 atom stereocenters. The Kier molecular flexibility index (Phi) is 4.63. The second-order valence-electron chi connectivity index (χ2n) is 6.74. The number of carbonyl (C=O) groups excluding carboxylic acids is 1. The Morgan fingerprint density at radius 1 is 0.923 bits per heavy atom. The summed E-state index contributed by atoms with van der Waals surface area (Å²) in [6.07, 6.45) is 3.93. The van der Waals surface area contributed by atoms with Crippen molar-refractivity contribution < 1.29 is 4.79 Å². The maximum absolute atomic E-state index is 11.6. The minimum atomic E-state index is 0.0967. The van der Waals surface area contributed by atoms with E-state index in [0.717, 1.165) is 48.0 Å². The van der Waals surface area contributed by atoms with Crippen molar-refractivity contribution in [3.05, 3.63) is 83.1 Å². The largest absolute Gasteiger partial charge is 0.316 e. The molecule has 1 aromatic heterocycles. The Labute approximate surface area is 153 Å². The second kappa shape index (κ2) is 7.22. The van der Waals surface area contributed by atoms with Gasteiger partial charge in [-0.2, -0.15) is 0 Å². The zero-order chi connectivity index (χ0) is 17.9. The predicted octanol–water partition coefficient (Wildman–Crippen LogP) is 4.62. The summed E-state index contributed by atoms with van der Waals surface area (Å²) in [4.78, 5) is 16.3. The molecule has 0 bridgehead atoms. The lowest BCUT2D eigenvalue weighted by molar-refractivity contribution is 0.101. The highest BCUT2D eigenvalue weighted by atomic mass is 16.1. The molecular weight excluding hydrogens is 320 g/mol. The summed E-state index contributed by atoms with van der Waals surface area (Å²) < 4.78 is 0. The molecule has 1 aliphatic rings. The minimum Gasteiger partial charge on any atom is -0.316 e. The van der Waals surface area contributed by atoms with Crippen LogP contribution in [0.1, 0.15) is 41.3 Å². The van der Waals surface area contributed by atoms with Crippen molar-refractivity contribution in [3.63, 3.8) is 0 Å². The SMILES string of the molecule is CC(=O)c1ccc(C(=C2CCNCC2)c2cccc3cccnc23)cc1. The lowest BCUT2D eigenvalue weighted by Crippen LogP contribution is -2.24. The van der Waals surface area contributed by atoms with E-state index in [1.54, 1.807) is 6.92 Å². The van der Waals surface area contributed by atoms with Gasteiger partial charge in [-0.3, -0.25) is 9.78 Å². The molecule has 1 aliphatic heterocycles. The van der Waals surface area contributed by atoms with Gasteiger partial charge in [-0.15, -0.1) is 0 Å². The third-order valence-electron chi connectivity index (χ3n) is 5.04. The number of hydrogen-bond acceptors (Lipinski definition) is 3. The normalized spacial score (nSPS) is 14.4. The number of carbonyl (C=O) groups is 1. The topological polar surface area (TPSA) is 42.0 Å². The van der Waals surface area contributed by atoms with E-state index >= 15 is 0 Å². The molecule has 4 rings (SSSR count). The standard InChI is InChI=1S/C23H22N2O/c1-16(26)17-7-9-18(10-8-17)22(19-11-14-24-15-12-19)21-6-2-4-20-5-3-13-25-23(20)21/h2-10,13,24H,11-12,14-15H2,1H3. The van der Waals surface area contributed by atoms with Crippen LogP contribution >= 0.6 is 0 Å². The zero-order valence-corrected chi connectivity index (χ0v) is 15.0. The summed E-state index contributed by atoms with van der Waals surface area (Å²) in [5.74, 6) is 0.0967. The Balaban J connectivity index is 1.93. The first-order chi connectivity index (χ1) is 12.7. The molecule has 0 amide bonds. The molecule has 0 radical (unpaired) electrons. The number of rotatable bonds is 3. The molecule has 130 valence electrons. The van der Waals surface area contributed by atoms with Gasteiger partial charge in [0, 0.05) is 22.7 Å². The molecule has 3 nitrogen and oxygen atoms in total. The molecule has 0 unspecified atom stereocenters. The fraction of sp³-hybridized carbons (Fsp3) is 0.217. The predicted molar refractivity (Wildman–Crippen MR) is 106 cm³/mol. The number of ketones is 1. The maximum Gasteiger partial charge on any atom is 0.159 e. The number of Topliss-reactive ketones (excluding diaryl/α,β-unsaturated/α-hetero) is 1. The number of piperidine rings is 1. The number of fused-ring (bicyclic) bond motifs is 1. The Morgan fingerprint density at radius 2 is 1.62 bits per heavy atom. The first kappa shape index (κ1) is 16.7. The van der Waals surface area contributed by atoms with Gasteiger partial charge in [0.1, 0.15) is 0 Å². The summed E-state index contributed by atoms with van der Waals surface area (Å²) >= 11 is 0. The van der Waals surface area contributed by atoms with Crippen molar-refractivity contribution >= 4 is 22.3 Å². The smallest absolute Gasteiger partial charge is 0.159 e. The molecule has 0 aliphatic carbocycles. The molecule has 1 fully saturated rings. The van der Waals surface area contributed by atoms with Gasteiger partial charge < -0.3 is 5.32 Å². The minimum absolute atomic E-state index is 0.0967. The van der Waals surface area contributed by atoms with E-state index in [1.807, 2.05) is 24.4 Å². The van der Waals surface area contributed by atoms with Crippen LogP contribution in [0.3, 0.4) is 0 Å². The van der Waals surface area contributed by atoms with E-state index in [4.69, 9.17) is 0 Å². The average molecular weight is 342 g/mol. The van der Waals surface area contributed by atoms with Gasteiger partial charge in [-0.05, 0) is 50.1 Å². The number of nitrogens with one attached hydrogen (secondary N) is 1. The van der Waals surface area contributed by atoms with Gasteiger partial charge in [-0.1, -0.05) is 54.1 Å². The van der Waals surface area contributed by atoms with Crippen molar-refractivity contribution in [1.29, 1.82) is 0 Å². The van der Waals surface area contributed by atoms with Crippen molar-refractivity contribution in [2.24, 2.45) is 0 Å². The summed E-state index contributed by atoms with van der Waals surface area (Å²) in [5, 5.41) is 4.59. The summed E-state index contributed by atoms with van der Waals surface area (Å²) in [7, 11) is 0. The van der Waals surface area contributed by atoms with Crippen LogP contribution < -0.4 is 5.32 Å². The van der Waals surface area contributed by atoms with E-state index in [1.165, 1.54) is 16.7 Å². The van der Waals surface area contributed by atoms with Crippen molar-refractivity contribution in [1.82, 2.24) is 10.3 Å². The number of para-hydroxylation sites is 1. The van der Waals surface area contributed by atoms with Crippen LogP contribution in [0.4, 0.5) is 0 Å². The fourth-order valence-corrected chi connectivity index (χ4v) is 3.71. The number of nitrogens with zero attached hydrogens (tertiary/aromatic N) is 1. The molecule has 3 heteroatoms. The molecule has 0 saturated carbocycles. The highest BCUT2D eigenvalue weighted by Gasteiger charge is 2.17. The quantitative estimate of drug-likeness (QED) is 0.706. The Bertz CT molecular complexity index is 973. The summed E-state index contributed by atoms with van der Waals surface area (Å²) in [5.41, 5.74) is 6.84. The lowest BCUT2D eigenvalue weighted by Gasteiger charge is -2.22. The van der Waals surface area contributed by atoms with Gasteiger partial charge >= 0.3 is 0 Å². The molecular formula is C23H22N2O. The third kappa shape index (κ3) is 3.18. The fourth-order valence-electron chi connectivity index (χ4n) is 3.71. The lowest BCUT2D eigenvalue weighted by atomic mass is 9.87. The second-order valence-corrected chi connectivity index (χ2v) is 6.74. The summed E-state index contributed by atoms with van der Waals surface area (Å²) in [6.45, 7) is 3.61. The molecule has 1 N–H and O–H groups in total. The number of hydrogen-bond donors (Lipinski definition) is 1. The van der Waals surface area contributed by atoms with E-state index in [9.17, 15) is 4.79 Å². The van der Waals surface area contributed by atoms with Crippen molar-refractivity contribution in [3.8, 4) is 0 Å². The molecule has 2 aromatic carbocycles. The van der Waals surface area contributed by atoms with E-state index < -0.39 is 0 Å². The monoisotopic (exact) mass is 342 g/mol. The van der Waals surface area contributed by atoms with Crippen LogP contribution in [-0.2, 0) is 0 Å². The van der Waals surface area contributed by atoms with Crippen LogP contribution in [0.25, 0.3) is 16.5 Å². The maximum atomic E-state index is 11.6. The van der Waals surface area contributed by atoms with Gasteiger partial charge in [0.2, 0.25) is 0 Å². The molecule has 3 aromatic rings. The number of benzene rings is 2. The van der Waals surface area contributed by atoms with Crippen LogP contribution in [0, 0.1) is 0 Å². The van der Waals surface area contributed by atoms with Gasteiger partial charge in [0.15, 0.2) is 5.78 Å². The Hall–Kier alpha value is -2.78. The molecule has 1 saturated heterocycles. The van der Waals surface area contributed by atoms with E-state index in [-0.39, 0.29) is 5.78 Å². The van der Waals surface area contributed by atoms with Crippen LogP contribution in [0.2, 0.25) is 0 Å². The number of pyridine rings is 1. The van der Waals surface area contributed by atoms with Gasteiger partial charge in [-0.25, -0.2) is 0 Å². The average Bonchev–Trinajstić information content (AvgIpc) is 2.70. The van der Waals surface area contributed by atoms with Crippen LogP contribution in [0.15, 0.2) is 66.4 Å². The van der Waals surface area contributed by atoms with Crippen molar-refractivity contribution in [2.45, 2.75) is 19.8 Å². The Morgan fingerprint density at radius 3 is 2.35 bits per heavy atom. The summed E-state index contributed by atoms with van der Waals surface area (Å²) in [6, 6.07) is 18.5. The van der Waals surface area contributed by atoms with Crippen molar-refractivity contribution in [2.75, 3.05) is 13.1 Å².